The molecule has 0 aliphatic heterocycles. The number of halogens is 1. The Morgan fingerprint density at radius 1 is 1.37 bits per heavy atom. The fourth-order valence-electron chi connectivity index (χ4n) is 1.48. The third-order valence-electron chi connectivity index (χ3n) is 2.53. The highest BCUT2D eigenvalue weighted by molar-refractivity contribution is 9.10. The van der Waals surface area contributed by atoms with E-state index >= 15 is 0 Å². The van der Waals surface area contributed by atoms with Gasteiger partial charge in [-0.25, -0.2) is 5.43 Å². The number of hydrogen-bond donors (Lipinski definition) is 2. The van der Waals surface area contributed by atoms with Crippen LogP contribution in [0.5, 0.6) is 0 Å². The first-order valence-corrected chi connectivity index (χ1v) is 6.48. The Bertz CT molecular complexity index is 616. The van der Waals surface area contributed by atoms with E-state index in [1.54, 1.807) is 6.07 Å². The van der Waals surface area contributed by atoms with Gasteiger partial charge in [-0.3, -0.25) is 9.89 Å². The van der Waals surface area contributed by atoms with Crippen LogP contribution in [0.3, 0.4) is 0 Å². The highest BCUT2D eigenvalue weighted by Gasteiger charge is 2.08. The summed E-state index contributed by atoms with van der Waals surface area (Å²) in [7, 11) is 0. The molecule has 1 aromatic heterocycles. The van der Waals surface area contributed by atoms with Crippen molar-refractivity contribution < 1.29 is 4.79 Å². The Morgan fingerprint density at radius 2 is 2.05 bits per heavy atom. The van der Waals surface area contributed by atoms with Crippen LogP contribution in [0.4, 0.5) is 0 Å². The number of nitrogens with one attached hydrogen (secondary N) is 2. The number of aromatic nitrogens is 2. The molecule has 1 amide bonds. The maximum absolute atomic E-state index is 11.7. The molecule has 2 aromatic rings. The van der Waals surface area contributed by atoms with Crippen molar-refractivity contribution in [2.24, 2.45) is 5.10 Å². The quantitative estimate of drug-likeness (QED) is 0.674. The Kier molecular flexibility index (Phi) is 4.11. The fraction of sp³-hybridized carbons (Fsp3) is 0.154. The van der Waals surface area contributed by atoms with Crippen molar-refractivity contribution in [3.63, 3.8) is 0 Å². The van der Waals surface area contributed by atoms with Crippen molar-refractivity contribution in [3.8, 4) is 0 Å². The summed E-state index contributed by atoms with van der Waals surface area (Å²) in [6.07, 6.45) is 0. The number of hydrogen-bond acceptors (Lipinski definition) is 3. The van der Waals surface area contributed by atoms with E-state index in [0.29, 0.717) is 5.69 Å². The molecule has 0 spiro atoms. The summed E-state index contributed by atoms with van der Waals surface area (Å²) < 4.78 is 1.00. The van der Waals surface area contributed by atoms with Crippen LogP contribution < -0.4 is 5.43 Å². The summed E-state index contributed by atoms with van der Waals surface area (Å²) in [6.45, 7) is 3.67. The average molecular weight is 321 g/mol. The van der Waals surface area contributed by atoms with Crippen LogP contribution in [-0.4, -0.2) is 21.8 Å². The summed E-state index contributed by atoms with van der Waals surface area (Å²) in [5.41, 5.74) is 5.31. The Morgan fingerprint density at radius 3 is 2.63 bits per heavy atom. The van der Waals surface area contributed by atoms with E-state index in [0.717, 1.165) is 21.4 Å². The van der Waals surface area contributed by atoms with Gasteiger partial charge in [0.2, 0.25) is 0 Å². The van der Waals surface area contributed by atoms with E-state index in [-0.39, 0.29) is 5.91 Å². The zero-order valence-electron chi connectivity index (χ0n) is 10.6. The Balaban J connectivity index is 2.06. The molecule has 0 aliphatic rings. The first-order valence-electron chi connectivity index (χ1n) is 5.69. The van der Waals surface area contributed by atoms with Crippen molar-refractivity contribution in [2.45, 2.75) is 13.8 Å². The lowest BCUT2D eigenvalue weighted by molar-refractivity contribution is 0.0950. The minimum atomic E-state index is -0.333. The van der Waals surface area contributed by atoms with Gasteiger partial charge in [0.25, 0.3) is 5.91 Å². The molecule has 1 heterocycles. The minimum Gasteiger partial charge on any atom is -0.282 e. The molecule has 2 N–H and O–H groups in total. The SMILES string of the molecule is C/C(=N\NC(=O)c1cc(C)[nH]n1)c1ccc(Br)cc1. The molecule has 98 valence electrons. The van der Waals surface area contributed by atoms with Gasteiger partial charge < -0.3 is 0 Å². The molecule has 0 atom stereocenters. The number of benzene rings is 1. The second kappa shape index (κ2) is 5.79. The molecule has 0 saturated heterocycles. The molecule has 6 heteroatoms. The van der Waals surface area contributed by atoms with Crippen LogP contribution >= 0.6 is 15.9 Å². The van der Waals surface area contributed by atoms with Crippen LogP contribution in [0, 0.1) is 6.92 Å². The topological polar surface area (TPSA) is 70.1 Å². The minimum absolute atomic E-state index is 0.324. The summed E-state index contributed by atoms with van der Waals surface area (Å²) in [5, 5.41) is 10.6. The number of nitrogens with zero attached hydrogens (tertiary/aromatic N) is 2. The van der Waals surface area contributed by atoms with Crippen LogP contribution in [0.1, 0.15) is 28.7 Å². The number of carbonyl (C=O) groups excluding carboxylic acids is 1. The van der Waals surface area contributed by atoms with Crippen molar-refractivity contribution in [3.05, 3.63) is 51.8 Å². The standard InChI is InChI=1S/C13H13BrN4O/c1-8-7-12(17-15-8)13(19)18-16-9(2)10-3-5-11(14)6-4-10/h3-7H,1-2H3,(H,15,17)(H,18,19)/b16-9+. The van der Waals surface area contributed by atoms with Gasteiger partial charge in [-0.05, 0) is 37.6 Å². The molecular weight excluding hydrogens is 308 g/mol. The summed E-state index contributed by atoms with van der Waals surface area (Å²) in [6, 6.07) is 9.36. The molecule has 0 radical (unpaired) electrons. The average Bonchev–Trinajstić information content (AvgIpc) is 2.83. The van der Waals surface area contributed by atoms with Crippen molar-refractivity contribution >= 4 is 27.5 Å². The van der Waals surface area contributed by atoms with Gasteiger partial charge in [0.15, 0.2) is 5.69 Å². The molecule has 5 nitrogen and oxygen atoms in total. The number of rotatable bonds is 3. The number of amides is 1. The fourth-order valence-corrected chi connectivity index (χ4v) is 1.75. The second-order valence-electron chi connectivity index (χ2n) is 4.08. The number of aromatic amines is 1. The highest BCUT2D eigenvalue weighted by atomic mass is 79.9. The monoisotopic (exact) mass is 320 g/mol. The van der Waals surface area contributed by atoms with Gasteiger partial charge in [0, 0.05) is 10.2 Å². The van der Waals surface area contributed by atoms with Crippen LogP contribution in [-0.2, 0) is 0 Å². The van der Waals surface area contributed by atoms with Gasteiger partial charge in [-0.1, -0.05) is 28.1 Å². The third kappa shape index (κ3) is 3.51. The Hall–Kier alpha value is -1.95. The largest absolute Gasteiger partial charge is 0.291 e. The maximum Gasteiger partial charge on any atom is 0.291 e. The third-order valence-corrected chi connectivity index (χ3v) is 3.05. The zero-order valence-corrected chi connectivity index (χ0v) is 12.2. The molecule has 0 unspecified atom stereocenters. The van der Waals surface area contributed by atoms with Crippen LogP contribution in [0.25, 0.3) is 0 Å². The Labute approximate surface area is 119 Å². The van der Waals surface area contributed by atoms with Crippen LogP contribution in [0.15, 0.2) is 39.9 Å². The highest BCUT2D eigenvalue weighted by Crippen LogP contribution is 2.11. The molecule has 0 aliphatic carbocycles. The van der Waals surface area contributed by atoms with E-state index in [2.05, 4.69) is 36.7 Å². The van der Waals surface area contributed by atoms with Gasteiger partial charge in [0.1, 0.15) is 0 Å². The zero-order chi connectivity index (χ0) is 13.8. The van der Waals surface area contributed by atoms with E-state index in [1.807, 2.05) is 38.1 Å². The van der Waals surface area contributed by atoms with E-state index in [4.69, 9.17) is 0 Å². The van der Waals surface area contributed by atoms with E-state index in [9.17, 15) is 4.79 Å². The first kappa shape index (κ1) is 13.5. The van der Waals surface area contributed by atoms with Crippen LogP contribution in [0.2, 0.25) is 0 Å². The lowest BCUT2D eigenvalue weighted by Crippen LogP contribution is -2.19. The molecule has 1 aromatic carbocycles. The normalized spacial score (nSPS) is 11.4. The molecular formula is C13H13BrN4O. The van der Waals surface area contributed by atoms with Crippen molar-refractivity contribution in [1.29, 1.82) is 0 Å². The summed E-state index contributed by atoms with van der Waals surface area (Å²) >= 11 is 3.37. The van der Waals surface area contributed by atoms with E-state index in [1.165, 1.54) is 0 Å². The lowest BCUT2D eigenvalue weighted by Gasteiger charge is -2.01. The number of hydrazone groups is 1. The summed E-state index contributed by atoms with van der Waals surface area (Å²) in [5.74, 6) is -0.333. The second-order valence-corrected chi connectivity index (χ2v) is 5.00. The van der Waals surface area contributed by atoms with Crippen molar-refractivity contribution in [2.75, 3.05) is 0 Å². The number of H-pyrrole nitrogens is 1. The van der Waals surface area contributed by atoms with Crippen molar-refractivity contribution in [1.82, 2.24) is 15.6 Å². The van der Waals surface area contributed by atoms with Gasteiger partial charge >= 0.3 is 0 Å². The van der Waals surface area contributed by atoms with Gasteiger partial charge in [-0.15, -0.1) is 0 Å². The maximum atomic E-state index is 11.7. The van der Waals surface area contributed by atoms with Gasteiger partial charge in [-0.2, -0.15) is 10.2 Å². The number of aryl methyl sites for hydroxylation is 1. The van der Waals surface area contributed by atoms with Gasteiger partial charge in [0.05, 0.1) is 5.71 Å². The predicted octanol–water partition coefficient (Wildman–Crippen LogP) is 2.63. The molecule has 19 heavy (non-hydrogen) atoms. The smallest absolute Gasteiger partial charge is 0.282 e. The molecule has 2 rings (SSSR count). The molecule has 0 saturated carbocycles. The summed E-state index contributed by atoms with van der Waals surface area (Å²) in [4.78, 5) is 11.7. The molecule has 0 bridgehead atoms. The number of carbonyl (C=O) groups is 1. The molecule has 0 fully saturated rings. The predicted molar refractivity (Wildman–Crippen MR) is 77.1 cm³/mol. The van der Waals surface area contributed by atoms with E-state index < -0.39 is 0 Å². The first-order chi connectivity index (χ1) is 9.06. The lowest BCUT2D eigenvalue weighted by atomic mass is 10.1.